The molecule has 0 saturated heterocycles. The zero-order valence-corrected chi connectivity index (χ0v) is 6.75. The number of hydrogen-bond donors (Lipinski definition) is 2. The highest BCUT2D eigenvalue weighted by Crippen LogP contribution is 2.16. The number of hydrogen-bond acceptors (Lipinski definition) is 6. The Labute approximate surface area is 76.1 Å². The van der Waals surface area contributed by atoms with E-state index in [-0.39, 0.29) is 11.9 Å². The van der Waals surface area contributed by atoms with Crippen LogP contribution in [-0.4, -0.2) is 27.7 Å². The molecule has 78 valence electrons. The lowest BCUT2D eigenvalue weighted by molar-refractivity contribution is -0.154. The summed E-state index contributed by atoms with van der Waals surface area (Å²) in [7, 11) is 0. The molecular formula is C5H6F3N5O. The van der Waals surface area contributed by atoms with Gasteiger partial charge in [-0.25, -0.2) is 0 Å². The van der Waals surface area contributed by atoms with Crippen molar-refractivity contribution in [3.63, 3.8) is 0 Å². The molecule has 9 heteroatoms. The Morgan fingerprint density at radius 1 is 1.07 bits per heavy atom. The largest absolute Gasteiger partial charge is 0.454 e. The van der Waals surface area contributed by atoms with Gasteiger partial charge in [-0.3, -0.25) is 0 Å². The van der Waals surface area contributed by atoms with Gasteiger partial charge in [-0.15, -0.1) is 0 Å². The van der Waals surface area contributed by atoms with Gasteiger partial charge in [-0.1, -0.05) is 0 Å². The molecule has 0 aromatic carbocycles. The first-order valence-electron chi connectivity index (χ1n) is 3.33. The second-order valence-corrected chi connectivity index (χ2v) is 2.24. The summed E-state index contributed by atoms with van der Waals surface area (Å²) < 4.78 is 39.2. The first-order valence-corrected chi connectivity index (χ1v) is 3.33. The summed E-state index contributed by atoms with van der Waals surface area (Å²) in [6.45, 7) is -1.50. The van der Waals surface area contributed by atoms with Gasteiger partial charge in [-0.2, -0.15) is 28.1 Å². The van der Waals surface area contributed by atoms with Crippen molar-refractivity contribution >= 4 is 11.9 Å². The summed E-state index contributed by atoms with van der Waals surface area (Å²) in [5, 5.41) is 0. The molecule has 0 saturated carbocycles. The third kappa shape index (κ3) is 3.29. The topological polar surface area (TPSA) is 99.9 Å². The highest BCUT2D eigenvalue weighted by atomic mass is 19.4. The number of nitrogens with two attached hydrogens (primary N) is 2. The molecule has 4 N–H and O–H groups in total. The van der Waals surface area contributed by atoms with E-state index in [2.05, 4.69) is 19.7 Å². The van der Waals surface area contributed by atoms with E-state index in [0.717, 1.165) is 0 Å². The number of alkyl halides is 3. The standard InChI is InChI=1S/C5H6F3N5O/c6-5(7,8)1-14-4-12-2(9)11-3(10)13-4/h1H2,(H4,9,10,11,12,13). The van der Waals surface area contributed by atoms with Gasteiger partial charge in [0.1, 0.15) is 0 Å². The van der Waals surface area contributed by atoms with Crippen molar-refractivity contribution in [1.82, 2.24) is 15.0 Å². The third-order valence-corrected chi connectivity index (χ3v) is 1.01. The lowest BCUT2D eigenvalue weighted by atomic mass is 10.7. The van der Waals surface area contributed by atoms with Crippen molar-refractivity contribution in [3.8, 4) is 6.01 Å². The number of rotatable bonds is 2. The maximum atomic E-state index is 11.7. The second kappa shape index (κ2) is 3.52. The molecular weight excluding hydrogens is 203 g/mol. The van der Waals surface area contributed by atoms with Crippen LogP contribution in [0.3, 0.4) is 0 Å². The van der Waals surface area contributed by atoms with Gasteiger partial charge >= 0.3 is 12.2 Å². The Bertz CT molecular complexity index is 307. The Balaban J connectivity index is 2.68. The van der Waals surface area contributed by atoms with Gasteiger partial charge in [0.25, 0.3) is 0 Å². The zero-order chi connectivity index (χ0) is 10.8. The number of nitrogen functional groups attached to an aromatic ring is 2. The van der Waals surface area contributed by atoms with Crippen molar-refractivity contribution in [3.05, 3.63) is 0 Å². The van der Waals surface area contributed by atoms with Gasteiger partial charge in [-0.05, 0) is 0 Å². The van der Waals surface area contributed by atoms with Gasteiger partial charge in [0.15, 0.2) is 6.61 Å². The summed E-state index contributed by atoms with van der Waals surface area (Å²) in [5.41, 5.74) is 10.2. The highest BCUT2D eigenvalue weighted by molar-refractivity contribution is 5.27. The quantitative estimate of drug-likeness (QED) is 0.709. The average molecular weight is 209 g/mol. The first kappa shape index (κ1) is 10.3. The predicted octanol–water partition coefficient (Wildman–Crippen LogP) is -0.0229. The fourth-order valence-corrected chi connectivity index (χ4v) is 0.599. The smallest absolute Gasteiger partial charge is 0.422 e. The first-order chi connectivity index (χ1) is 6.37. The van der Waals surface area contributed by atoms with Gasteiger partial charge in [0.05, 0.1) is 0 Å². The molecule has 0 atom stereocenters. The molecule has 0 aliphatic heterocycles. The van der Waals surface area contributed by atoms with Crippen LogP contribution in [-0.2, 0) is 0 Å². The van der Waals surface area contributed by atoms with Crippen molar-refractivity contribution in [2.24, 2.45) is 0 Å². The Morgan fingerprint density at radius 2 is 1.57 bits per heavy atom. The number of halogens is 3. The minimum atomic E-state index is -4.46. The number of ether oxygens (including phenoxy) is 1. The number of aromatic nitrogens is 3. The van der Waals surface area contributed by atoms with Crippen molar-refractivity contribution in [2.45, 2.75) is 6.18 Å². The average Bonchev–Trinajstić information content (AvgIpc) is 1.97. The Morgan fingerprint density at radius 3 is 2.00 bits per heavy atom. The van der Waals surface area contributed by atoms with Gasteiger partial charge in [0, 0.05) is 0 Å². The molecule has 0 aliphatic carbocycles. The fourth-order valence-electron chi connectivity index (χ4n) is 0.599. The van der Waals surface area contributed by atoms with Gasteiger partial charge in [0.2, 0.25) is 11.9 Å². The van der Waals surface area contributed by atoms with Crippen LogP contribution in [0.4, 0.5) is 25.1 Å². The summed E-state index contributed by atoms with van der Waals surface area (Å²) >= 11 is 0. The van der Waals surface area contributed by atoms with Gasteiger partial charge < -0.3 is 16.2 Å². The molecule has 0 radical (unpaired) electrons. The van der Waals surface area contributed by atoms with Crippen LogP contribution < -0.4 is 16.2 Å². The van der Waals surface area contributed by atoms with E-state index in [9.17, 15) is 13.2 Å². The van der Waals surface area contributed by atoms with Crippen LogP contribution in [0, 0.1) is 0 Å². The molecule has 0 spiro atoms. The van der Waals surface area contributed by atoms with E-state index in [4.69, 9.17) is 11.5 Å². The van der Waals surface area contributed by atoms with E-state index >= 15 is 0 Å². The third-order valence-electron chi connectivity index (χ3n) is 1.01. The molecule has 0 unspecified atom stereocenters. The molecule has 1 rings (SSSR count). The molecule has 1 aromatic heterocycles. The maximum Gasteiger partial charge on any atom is 0.422 e. The molecule has 14 heavy (non-hydrogen) atoms. The van der Waals surface area contributed by atoms with Crippen LogP contribution in [0.5, 0.6) is 6.01 Å². The fraction of sp³-hybridized carbons (Fsp3) is 0.400. The lowest BCUT2D eigenvalue weighted by Crippen LogP contribution is -2.20. The Kier molecular flexibility index (Phi) is 2.58. The number of anilines is 2. The molecule has 0 amide bonds. The van der Waals surface area contributed by atoms with E-state index in [1.165, 1.54) is 0 Å². The SMILES string of the molecule is Nc1nc(N)nc(OCC(F)(F)F)n1. The highest BCUT2D eigenvalue weighted by Gasteiger charge is 2.29. The summed E-state index contributed by atoms with van der Waals surface area (Å²) in [6, 6.07) is -0.549. The van der Waals surface area contributed by atoms with Crippen molar-refractivity contribution < 1.29 is 17.9 Å². The zero-order valence-electron chi connectivity index (χ0n) is 6.75. The van der Waals surface area contributed by atoms with Crippen LogP contribution >= 0.6 is 0 Å². The molecule has 1 aromatic rings. The van der Waals surface area contributed by atoms with Crippen molar-refractivity contribution in [2.75, 3.05) is 18.1 Å². The predicted molar refractivity (Wildman–Crippen MR) is 40.2 cm³/mol. The molecule has 0 fully saturated rings. The van der Waals surface area contributed by atoms with E-state index in [0.29, 0.717) is 0 Å². The summed E-state index contributed by atoms with van der Waals surface area (Å²) in [5.74, 6) is -0.593. The van der Waals surface area contributed by atoms with Crippen LogP contribution in [0.15, 0.2) is 0 Å². The molecule has 1 heterocycles. The maximum absolute atomic E-state index is 11.7. The van der Waals surface area contributed by atoms with E-state index in [1.54, 1.807) is 0 Å². The van der Waals surface area contributed by atoms with E-state index < -0.39 is 18.8 Å². The monoisotopic (exact) mass is 209 g/mol. The lowest BCUT2D eigenvalue weighted by Gasteiger charge is -2.07. The molecule has 0 aliphatic rings. The molecule has 6 nitrogen and oxygen atoms in total. The Hall–Kier alpha value is -1.80. The summed E-state index contributed by atoms with van der Waals surface area (Å²) in [4.78, 5) is 9.93. The second-order valence-electron chi connectivity index (χ2n) is 2.24. The van der Waals surface area contributed by atoms with Crippen LogP contribution in [0.2, 0.25) is 0 Å². The van der Waals surface area contributed by atoms with Crippen LogP contribution in [0.1, 0.15) is 0 Å². The normalized spacial score (nSPS) is 11.4. The van der Waals surface area contributed by atoms with Crippen molar-refractivity contribution in [1.29, 1.82) is 0 Å². The molecule has 0 bridgehead atoms. The minimum absolute atomic E-state index is 0.297. The number of nitrogens with zero attached hydrogens (tertiary/aromatic N) is 3. The van der Waals surface area contributed by atoms with E-state index in [1.807, 2.05) is 0 Å². The van der Waals surface area contributed by atoms with Crippen LogP contribution in [0.25, 0.3) is 0 Å². The minimum Gasteiger partial charge on any atom is -0.454 e. The summed E-state index contributed by atoms with van der Waals surface area (Å²) in [6.07, 6.45) is -4.46.